The number of rotatable bonds is 10. The standard InChI is InChI=1S/C18H33N/c1-5-7-8-9-10-12-17(11-6-2)18-13-14-19(15-18)16(3)4/h13-17H,5-12H2,1-4H3. The second-order valence-corrected chi connectivity index (χ2v) is 6.17. The highest BCUT2D eigenvalue weighted by molar-refractivity contribution is 5.16. The largest absolute Gasteiger partial charge is 0.352 e. The highest BCUT2D eigenvalue weighted by atomic mass is 15.0. The molecule has 0 spiro atoms. The Morgan fingerprint density at radius 2 is 1.68 bits per heavy atom. The smallest absolute Gasteiger partial charge is 0.0274 e. The van der Waals surface area contributed by atoms with Crippen LogP contribution in [0.2, 0.25) is 0 Å². The molecule has 1 nitrogen and oxygen atoms in total. The lowest BCUT2D eigenvalue weighted by Crippen LogP contribution is -2.00. The molecule has 0 saturated carbocycles. The number of nitrogens with zero attached hydrogens (tertiary/aromatic N) is 1. The van der Waals surface area contributed by atoms with Crippen LogP contribution in [-0.4, -0.2) is 4.57 Å². The van der Waals surface area contributed by atoms with E-state index in [0.29, 0.717) is 6.04 Å². The van der Waals surface area contributed by atoms with Gasteiger partial charge in [0.05, 0.1) is 0 Å². The molecule has 110 valence electrons. The Morgan fingerprint density at radius 3 is 2.26 bits per heavy atom. The molecule has 0 saturated heterocycles. The van der Waals surface area contributed by atoms with Crippen LogP contribution in [0.4, 0.5) is 0 Å². The maximum atomic E-state index is 2.37. The van der Waals surface area contributed by atoms with Gasteiger partial charge >= 0.3 is 0 Å². The third kappa shape index (κ3) is 5.84. The van der Waals surface area contributed by atoms with E-state index >= 15 is 0 Å². The summed E-state index contributed by atoms with van der Waals surface area (Å²) >= 11 is 0. The zero-order chi connectivity index (χ0) is 14.1. The van der Waals surface area contributed by atoms with Gasteiger partial charge in [0.15, 0.2) is 0 Å². The summed E-state index contributed by atoms with van der Waals surface area (Å²) in [5, 5.41) is 0. The van der Waals surface area contributed by atoms with Crippen molar-refractivity contribution < 1.29 is 0 Å². The van der Waals surface area contributed by atoms with Crippen LogP contribution in [0.25, 0.3) is 0 Å². The van der Waals surface area contributed by atoms with E-state index in [1.165, 1.54) is 51.4 Å². The summed E-state index contributed by atoms with van der Waals surface area (Å²) in [5.41, 5.74) is 1.56. The lowest BCUT2D eigenvalue weighted by molar-refractivity contribution is 0.513. The molecule has 1 rings (SSSR count). The lowest BCUT2D eigenvalue weighted by atomic mass is 9.91. The van der Waals surface area contributed by atoms with Gasteiger partial charge in [-0.25, -0.2) is 0 Å². The first-order valence-electron chi connectivity index (χ1n) is 8.36. The van der Waals surface area contributed by atoms with Crippen LogP contribution in [-0.2, 0) is 0 Å². The molecule has 0 bridgehead atoms. The van der Waals surface area contributed by atoms with Gasteiger partial charge in [0.1, 0.15) is 0 Å². The van der Waals surface area contributed by atoms with Crippen molar-refractivity contribution in [1.82, 2.24) is 4.57 Å². The second-order valence-electron chi connectivity index (χ2n) is 6.17. The van der Waals surface area contributed by atoms with E-state index in [2.05, 4.69) is 50.7 Å². The van der Waals surface area contributed by atoms with Gasteiger partial charge in [-0.05, 0) is 44.2 Å². The summed E-state index contributed by atoms with van der Waals surface area (Å²) < 4.78 is 2.34. The molecule has 1 atom stereocenters. The van der Waals surface area contributed by atoms with Crippen molar-refractivity contribution in [2.75, 3.05) is 0 Å². The van der Waals surface area contributed by atoms with Crippen LogP contribution in [0.1, 0.15) is 96.6 Å². The van der Waals surface area contributed by atoms with Crippen molar-refractivity contribution in [2.24, 2.45) is 0 Å². The van der Waals surface area contributed by atoms with Gasteiger partial charge in [0.2, 0.25) is 0 Å². The van der Waals surface area contributed by atoms with Crippen molar-refractivity contribution in [3.63, 3.8) is 0 Å². The Kier molecular flexibility index (Phi) is 7.93. The van der Waals surface area contributed by atoms with Crippen LogP contribution in [0.5, 0.6) is 0 Å². The molecule has 19 heavy (non-hydrogen) atoms. The monoisotopic (exact) mass is 263 g/mol. The molecule has 1 heterocycles. The van der Waals surface area contributed by atoms with Crippen molar-refractivity contribution >= 4 is 0 Å². The van der Waals surface area contributed by atoms with E-state index in [0.717, 1.165) is 5.92 Å². The third-order valence-electron chi connectivity index (χ3n) is 4.10. The maximum absolute atomic E-state index is 2.37. The van der Waals surface area contributed by atoms with Crippen LogP contribution >= 0.6 is 0 Å². The van der Waals surface area contributed by atoms with Gasteiger partial charge in [-0.3, -0.25) is 0 Å². The fourth-order valence-electron chi connectivity index (χ4n) is 2.81. The minimum atomic E-state index is 0.584. The summed E-state index contributed by atoms with van der Waals surface area (Å²) in [6.07, 6.45) is 15.6. The molecule has 1 aromatic rings. The predicted molar refractivity (Wildman–Crippen MR) is 85.8 cm³/mol. The van der Waals surface area contributed by atoms with E-state index in [4.69, 9.17) is 0 Å². The molecular formula is C18H33N. The number of aromatic nitrogens is 1. The Morgan fingerprint density at radius 1 is 0.947 bits per heavy atom. The van der Waals surface area contributed by atoms with Gasteiger partial charge in [-0.2, -0.15) is 0 Å². The summed E-state index contributed by atoms with van der Waals surface area (Å²) in [6.45, 7) is 9.10. The van der Waals surface area contributed by atoms with Crippen molar-refractivity contribution in [3.05, 3.63) is 24.0 Å². The minimum absolute atomic E-state index is 0.584. The maximum Gasteiger partial charge on any atom is 0.0274 e. The average Bonchev–Trinajstić information content (AvgIpc) is 2.87. The van der Waals surface area contributed by atoms with Gasteiger partial charge < -0.3 is 4.57 Å². The number of hydrogen-bond acceptors (Lipinski definition) is 0. The average molecular weight is 263 g/mol. The molecule has 0 radical (unpaired) electrons. The van der Waals surface area contributed by atoms with Crippen LogP contribution in [0.3, 0.4) is 0 Å². The minimum Gasteiger partial charge on any atom is -0.352 e. The molecule has 1 aromatic heterocycles. The van der Waals surface area contributed by atoms with E-state index in [-0.39, 0.29) is 0 Å². The molecule has 0 amide bonds. The molecular weight excluding hydrogens is 230 g/mol. The van der Waals surface area contributed by atoms with Crippen LogP contribution in [0, 0.1) is 0 Å². The fourth-order valence-corrected chi connectivity index (χ4v) is 2.81. The first-order chi connectivity index (χ1) is 9.19. The molecule has 0 N–H and O–H groups in total. The van der Waals surface area contributed by atoms with Gasteiger partial charge in [-0.15, -0.1) is 0 Å². The fraction of sp³-hybridized carbons (Fsp3) is 0.778. The topological polar surface area (TPSA) is 4.93 Å². The quantitative estimate of drug-likeness (QED) is 0.436. The SMILES string of the molecule is CCCCCCCC(CCC)c1ccn(C(C)C)c1. The molecule has 1 heteroatoms. The first kappa shape index (κ1) is 16.3. The molecule has 1 unspecified atom stereocenters. The van der Waals surface area contributed by atoms with Crippen molar-refractivity contribution in [1.29, 1.82) is 0 Å². The summed E-state index contributed by atoms with van der Waals surface area (Å²) in [4.78, 5) is 0. The van der Waals surface area contributed by atoms with E-state index in [1.54, 1.807) is 5.56 Å². The number of unbranched alkanes of at least 4 members (excludes halogenated alkanes) is 4. The Hall–Kier alpha value is -0.720. The molecule has 0 aromatic carbocycles. The molecule has 0 aliphatic rings. The van der Waals surface area contributed by atoms with Gasteiger partial charge in [0, 0.05) is 18.4 Å². The van der Waals surface area contributed by atoms with Gasteiger partial charge in [-0.1, -0.05) is 52.4 Å². The Labute approximate surface area is 120 Å². The molecule has 0 aliphatic heterocycles. The lowest BCUT2D eigenvalue weighted by Gasteiger charge is -2.15. The summed E-state index contributed by atoms with van der Waals surface area (Å²) in [7, 11) is 0. The Bertz CT molecular complexity index is 324. The highest BCUT2D eigenvalue weighted by Crippen LogP contribution is 2.28. The van der Waals surface area contributed by atoms with Crippen molar-refractivity contribution in [3.8, 4) is 0 Å². The van der Waals surface area contributed by atoms with E-state index < -0.39 is 0 Å². The summed E-state index contributed by atoms with van der Waals surface area (Å²) in [6, 6.07) is 2.92. The van der Waals surface area contributed by atoms with E-state index in [9.17, 15) is 0 Å². The van der Waals surface area contributed by atoms with Crippen molar-refractivity contribution in [2.45, 2.75) is 91.0 Å². The highest BCUT2D eigenvalue weighted by Gasteiger charge is 2.12. The molecule has 0 aliphatic carbocycles. The van der Waals surface area contributed by atoms with E-state index in [1.807, 2.05) is 0 Å². The molecule has 0 fully saturated rings. The van der Waals surface area contributed by atoms with Gasteiger partial charge in [0.25, 0.3) is 0 Å². The van der Waals surface area contributed by atoms with Crippen LogP contribution < -0.4 is 0 Å². The zero-order valence-electron chi connectivity index (χ0n) is 13.5. The second kappa shape index (κ2) is 9.23. The zero-order valence-corrected chi connectivity index (χ0v) is 13.5. The Balaban J connectivity index is 2.46. The first-order valence-corrected chi connectivity index (χ1v) is 8.36. The third-order valence-corrected chi connectivity index (χ3v) is 4.10. The summed E-state index contributed by atoms with van der Waals surface area (Å²) in [5.74, 6) is 0.784. The predicted octanol–water partition coefficient (Wildman–Crippen LogP) is 6.31. The van der Waals surface area contributed by atoms with Crippen LogP contribution in [0.15, 0.2) is 18.5 Å². The number of hydrogen-bond donors (Lipinski definition) is 0. The normalized spacial score (nSPS) is 13.1.